The zero-order valence-corrected chi connectivity index (χ0v) is 15.4. The fourth-order valence-corrected chi connectivity index (χ4v) is 4.99. The minimum absolute atomic E-state index is 0.0209. The molecule has 1 saturated heterocycles. The van der Waals surface area contributed by atoms with Gasteiger partial charge in [-0.05, 0) is 13.8 Å². The Bertz CT molecular complexity index is 659. The van der Waals surface area contributed by atoms with Gasteiger partial charge >= 0.3 is 0 Å². The molecule has 0 saturated carbocycles. The summed E-state index contributed by atoms with van der Waals surface area (Å²) in [4.78, 5) is 18.7. The van der Waals surface area contributed by atoms with Crippen LogP contribution in [0.5, 0.6) is 0 Å². The van der Waals surface area contributed by atoms with E-state index < -0.39 is 15.1 Å². The van der Waals surface area contributed by atoms with Gasteiger partial charge in [-0.15, -0.1) is 11.3 Å². The number of amides is 1. The molecule has 0 N–H and O–H groups in total. The average molecular weight is 345 g/mol. The Morgan fingerprint density at radius 2 is 2.05 bits per heavy atom. The first-order valence-corrected chi connectivity index (χ1v) is 10.1. The number of sulfone groups is 1. The van der Waals surface area contributed by atoms with Crippen LogP contribution in [0.25, 0.3) is 0 Å². The number of hydrogen-bond acceptors (Lipinski definition) is 5. The van der Waals surface area contributed by atoms with Crippen LogP contribution in [0.3, 0.4) is 0 Å². The van der Waals surface area contributed by atoms with E-state index in [4.69, 9.17) is 0 Å². The molecule has 1 aliphatic rings. The summed E-state index contributed by atoms with van der Waals surface area (Å²) in [6, 6.07) is -0.285. The Kier molecular flexibility index (Phi) is 4.69. The predicted octanol–water partition coefficient (Wildman–Crippen LogP) is 2.02. The van der Waals surface area contributed by atoms with Crippen molar-refractivity contribution in [2.24, 2.45) is 0 Å². The summed E-state index contributed by atoms with van der Waals surface area (Å²) in [5, 5.41) is 2.43. The van der Waals surface area contributed by atoms with E-state index in [1.165, 1.54) is 0 Å². The molecular formula is C15H24N2O3S2. The SMILES string of the molecule is C[C@H]1[C@H](C)S(=O)(=O)CCN1C(=O)Cc1csc(C(C)(C)C)n1. The van der Waals surface area contributed by atoms with Gasteiger partial charge in [-0.3, -0.25) is 4.79 Å². The number of thiazole rings is 1. The van der Waals surface area contributed by atoms with Crippen molar-refractivity contribution in [2.45, 2.75) is 57.7 Å². The molecule has 0 spiro atoms. The molecular weight excluding hydrogens is 320 g/mol. The Balaban J connectivity index is 2.08. The first kappa shape index (κ1) is 17.4. The lowest BCUT2D eigenvalue weighted by Gasteiger charge is -2.37. The first-order valence-electron chi connectivity index (χ1n) is 7.48. The van der Waals surface area contributed by atoms with Crippen LogP contribution < -0.4 is 0 Å². The van der Waals surface area contributed by atoms with E-state index in [0.717, 1.165) is 10.7 Å². The van der Waals surface area contributed by atoms with Gasteiger partial charge < -0.3 is 4.90 Å². The number of aromatic nitrogens is 1. The molecule has 0 bridgehead atoms. The zero-order chi connectivity index (χ0) is 16.7. The van der Waals surface area contributed by atoms with Crippen molar-refractivity contribution < 1.29 is 13.2 Å². The molecule has 0 radical (unpaired) electrons. The molecule has 1 aromatic heterocycles. The van der Waals surface area contributed by atoms with Crippen molar-refractivity contribution >= 4 is 27.1 Å². The maximum Gasteiger partial charge on any atom is 0.228 e. The smallest absolute Gasteiger partial charge is 0.228 e. The summed E-state index contributed by atoms with van der Waals surface area (Å²) in [6.45, 7) is 10.0. The molecule has 0 unspecified atom stereocenters. The lowest BCUT2D eigenvalue weighted by atomic mass is 9.98. The number of carbonyl (C=O) groups excluding carboxylic acids is 1. The van der Waals surface area contributed by atoms with Gasteiger partial charge in [0, 0.05) is 23.4 Å². The Morgan fingerprint density at radius 3 is 2.59 bits per heavy atom. The van der Waals surface area contributed by atoms with Gasteiger partial charge in [-0.2, -0.15) is 0 Å². The van der Waals surface area contributed by atoms with Crippen molar-refractivity contribution in [1.29, 1.82) is 0 Å². The number of hydrogen-bond donors (Lipinski definition) is 0. The second-order valence-electron chi connectivity index (χ2n) is 6.97. The fourth-order valence-electron chi connectivity index (χ4n) is 2.51. The van der Waals surface area contributed by atoms with Crippen LogP contribution in [0, 0.1) is 0 Å². The van der Waals surface area contributed by atoms with Gasteiger partial charge in [0.2, 0.25) is 5.91 Å². The van der Waals surface area contributed by atoms with Crippen molar-refractivity contribution in [3.63, 3.8) is 0 Å². The van der Waals surface area contributed by atoms with E-state index in [-0.39, 0.29) is 36.1 Å². The molecule has 1 aliphatic heterocycles. The van der Waals surface area contributed by atoms with Crippen LogP contribution >= 0.6 is 11.3 Å². The monoisotopic (exact) mass is 344 g/mol. The molecule has 22 heavy (non-hydrogen) atoms. The molecule has 124 valence electrons. The van der Waals surface area contributed by atoms with Gasteiger partial charge in [0.15, 0.2) is 9.84 Å². The molecule has 0 aromatic carbocycles. The highest BCUT2D eigenvalue weighted by atomic mass is 32.2. The number of rotatable bonds is 2. The minimum atomic E-state index is -3.07. The van der Waals surface area contributed by atoms with Crippen LogP contribution in [0.1, 0.15) is 45.3 Å². The number of nitrogens with zero attached hydrogens (tertiary/aromatic N) is 2. The van der Waals surface area contributed by atoms with Crippen LogP contribution in [-0.4, -0.2) is 47.8 Å². The second kappa shape index (κ2) is 5.92. The zero-order valence-electron chi connectivity index (χ0n) is 13.8. The van der Waals surface area contributed by atoms with Crippen molar-refractivity contribution in [3.05, 3.63) is 16.1 Å². The second-order valence-corrected chi connectivity index (χ2v) is 10.3. The third kappa shape index (κ3) is 3.51. The Labute approximate surface area is 136 Å². The number of carbonyl (C=O) groups is 1. The van der Waals surface area contributed by atoms with E-state index in [1.807, 2.05) is 5.38 Å². The normalized spacial score (nSPS) is 25.2. The highest BCUT2D eigenvalue weighted by Gasteiger charge is 2.38. The third-order valence-corrected chi connectivity index (χ3v) is 7.80. The van der Waals surface area contributed by atoms with Gasteiger partial charge in [0.1, 0.15) is 0 Å². The van der Waals surface area contributed by atoms with Crippen molar-refractivity contribution in [2.75, 3.05) is 12.3 Å². The van der Waals surface area contributed by atoms with Gasteiger partial charge in [0.25, 0.3) is 0 Å². The molecule has 2 atom stereocenters. The third-order valence-electron chi connectivity index (χ3n) is 4.20. The largest absolute Gasteiger partial charge is 0.337 e. The summed E-state index contributed by atoms with van der Waals surface area (Å²) in [7, 11) is -3.07. The quantitative estimate of drug-likeness (QED) is 0.823. The highest BCUT2D eigenvalue weighted by Crippen LogP contribution is 2.26. The van der Waals surface area contributed by atoms with Crippen LogP contribution in [-0.2, 0) is 26.5 Å². The van der Waals surface area contributed by atoms with E-state index in [2.05, 4.69) is 25.8 Å². The Hall–Kier alpha value is -0.950. The van der Waals surface area contributed by atoms with Crippen LogP contribution in [0.2, 0.25) is 0 Å². The molecule has 1 amide bonds. The standard InChI is InChI=1S/C15H24N2O3S2/c1-10-11(2)22(19,20)7-6-17(10)13(18)8-12-9-21-14(16-12)15(3,4)5/h9-11H,6-8H2,1-5H3/t10-,11-/m0/s1. The Morgan fingerprint density at radius 1 is 1.41 bits per heavy atom. The molecule has 1 aromatic rings. The highest BCUT2D eigenvalue weighted by molar-refractivity contribution is 7.92. The first-order chi connectivity index (χ1) is 10.0. The maximum absolute atomic E-state index is 12.5. The summed E-state index contributed by atoms with van der Waals surface area (Å²) < 4.78 is 23.8. The van der Waals surface area contributed by atoms with E-state index >= 15 is 0 Å². The molecule has 7 heteroatoms. The van der Waals surface area contributed by atoms with E-state index in [9.17, 15) is 13.2 Å². The fraction of sp³-hybridized carbons (Fsp3) is 0.733. The lowest BCUT2D eigenvalue weighted by Crippen LogP contribution is -2.54. The van der Waals surface area contributed by atoms with Crippen molar-refractivity contribution in [1.82, 2.24) is 9.88 Å². The van der Waals surface area contributed by atoms with Gasteiger partial charge in [0.05, 0.1) is 28.1 Å². The summed E-state index contributed by atoms with van der Waals surface area (Å²) >= 11 is 1.57. The molecule has 2 heterocycles. The molecule has 1 fully saturated rings. The molecule has 0 aliphatic carbocycles. The summed E-state index contributed by atoms with van der Waals surface area (Å²) in [6.07, 6.45) is 0.240. The van der Waals surface area contributed by atoms with E-state index in [1.54, 1.807) is 30.1 Å². The molecule has 5 nitrogen and oxygen atoms in total. The van der Waals surface area contributed by atoms with Crippen LogP contribution in [0.4, 0.5) is 0 Å². The van der Waals surface area contributed by atoms with Crippen molar-refractivity contribution in [3.8, 4) is 0 Å². The predicted molar refractivity (Wildman–Crippen MR) is 88.9 cm³/mol. The van der Waals surface area contributed by atoms with Gasteiger partial charge in [-0.25, -0.2) is 13.4 Å². The minimum Gasteiger partial charge on any atom is -0.337 e. The van der Waals surface area contributed by atoms with Gasteiger partial charge in [-0.1, -0.05) is 20.8 Å². The van der Waals surface area contributed by atoms with E-state index in [0.29, 0.717) is 0 Å². The van der Waals surface area contributed by atoms with Crippen LogP contribution in [0.15, 0.2) is 5.38 Å². The average Bonchev–Trinajstić information content (AvgIpc) is 2.84. The topological polar surface area (TPSA) is 67.3 Å². The lowest BCUT2D eigenvalue weighted by molar-refractivity contribution is -0.132. The maximum atomic E-state index is 12.5. The molecule has 2 rings (SSSR count). The summed E-state index contributed by atoms with van der Waals surface area (Å²) in [5.41, 5.74) is 0.751. The summed E-state index contributed by atoms with van der Waals surface area (Å²) in [5.74, 6) is 0.00849.